The first-order valence-electron chi connectivity index (χ1n) is 15.5. The van der Waals surface area contributed by atoms with E-state index < -0.39 is 82.0 Å². The van der Waals surface area contributed by atoms with Crippen LogP contribution < -0.4 is 26.2 Å². The normalized spacial score (nSPS) is 23.4. The molecule has 1 aliphatic rings. The molecule has 0 radical (unpaired) electrons. The number of hydrogen-bond acceptors (Lipinski definition) is 12. The van der Waals surface area contributed by atoms with Crippen LogP contribution in [-0.4, -0.2) is 83.0 Å². The van der Waals surface area contributed by atoms with Crippen LogP contribution >= 0.6 is 16.5 Å². The van der Waals surface area contributed by atoms with Gasteiger partial charge in [0.25, 0.3) is 13.7 Å². The molecule has 8 atom stereocenters. The van der Waals surface area contributed by atoms with Crippen LogP contribution in [0.3, 0.4) is 0 Å². The van der Waals surface area contributed by atoms with Gasteiger partial charge in [0.2, 0.25) is 0 Å². The molecule has 0 aliphatic carbocycles. The third-order valence-electron chi connectivity index (χ3n) is 6.80. The van der Waals surface area contributed by atoms with Crippen LogP contribution in [0.15, 0.2) is 52.2 Å². The van der Waals surface area contributed by atoms with Crippen LogP contribution in [0.2, 0.25) is 0 Å². The number of benzene rings is 1. The van der Waals surface area contributed by atoms with E-state index in [0.717, 1.165) is 23.8 Å². The number of para-hydroxylation sites is 1. The number of carbonyl (C=O) groups is 2. The fraction of sp³-hybridized carbons (Fsp3) is 0.600. The lowest BCUT2D eigenvalue weighted by molar-refractivity contribution is -0.149. The molecular weight excluding hydrogens is 673 g/mol. The molecule has 2 unspecified atom stereocenters. The Morgan fingerprint density at radius 1 is 1.04 bits per heavy atom. The minimum absolute atomic E-state index is 0.193. The van der Waals surface area contributed by atoms with Gasteiger partial charge >= 0.3 is 17.6 Å². The summed E-state index contributed by atoms with van der Waals surface area (Å²) in [7, 11) is -4.96. The number of aromatic nitrogens is 2. The van der Waals surface area contributed by atoms with E-state index in [-0.39, 0.29) is 25.5 Å². The van der Waals surface area contributed by atoms with Crippen molar-refractivity contribution >= 4 is 28.4 Å². The molecule has 0 amide bonds. The van der Waals surface area contributed by atoms with Gasteiger partial charge < -0.3 is 28.0 Å². The van der Waals surface area contributed by atoms with Crippen molar-refractivity contribution in [1.82, 2.24) is 19.7 Å². The minimum Gasteiger partial charge on any atom is -0.493 e. The highest BCUT2D eigenvalue weighted by molar-refractivity contribution is 7.50. The van der Waals surface area contributed by atoms with Gasteiger partial charge in [-0.1, -0.05) is 18.2 Å². The number of alkyl halides is 1. The molecule has 3 N–H and O–H groups in total. The molecule has 0 saturated carbocycles. The first-order chi connectivity index (χ1) is 22.6. The first-order valence-corrected chi connectivity index (χ1v) is 18.2. The Balaban J connectivity index is 1.83. The number of H-pyrrole nitrogens is 1. The van der Waals surface area contributed by atoms with Gasteiger partial charge in [-0.3, -0.25) is 33.6 Å². The molecule has 48 heavy (non-hydrogen) atoms. The Labute approximate surface area is 280 Å². The molecule has 3 rings (SSSR count). The van der Waals surface area contributed by atoms with Crippen molar-refractivity contribution in [3.63, 3.8) is 0 Å². The third-order valence-corrected chi connectivity index (χ3v) is 9.66. The largest absolute Gasteiger partial charge is 0.493 e. The van der Waals surface area contributed by atoms with Gasteiger partial charge in [-0.25, -0.2) is 14.3 Å². The molecular formula is C30H45FN4O11P2. The van der Waals surface area contributed by atoms with Crippen molar-refractivity contribution in [2.24, 2.45) is 0 Å². The predicted octanol–water partition coefficient (Wildman–Crippen LogP) is 3.20. The Morgan fingerprint density at radius 2 is 1.67 bits per heavy atom. The van der Waals surface area contributed by atoms with E-state index in [2.05, 4.69) is 15.2 Å². The summed E-state index contributed by atoms with van der Waals surface area (Å²) in [6, 6.07) is 8.26. The number of nitrogens with zero attached hydrogens (tertiary/aromatic N) is 1. The molecule has 2 aromatic rings. The number of halogens is 1. The lowest BCUT2D eigenvalue weighted by Gasteiger charge is -2.29. The Morgan fingerprint density at radius 3 is 2.27 bits per heavy atom. The number of ether oxygens (including phenoxy) is 4. The fourth-order valence-corrected chi connectivity index (χ4v) is 7.16. The van der Waals surface area contributed by atoms with Gasteiger partial charge in [0, 0.05) is 18.4 Å². The average molecular weight is 719 g/mol. The summed E-state index contributed by atoms with van der Waals surface area (Å²) >= 11 is 0. The van der Waals surface area contributed by atoms with Crippen molar-refractivity contribution in [3.05, 3.63) is 63.4 Å². The zero-order chi connectivity index (χ0) is 35.6. The van der Waals surface area contributed by atoms with Crippen LogP contribution in [0, 0.1) is 0 Å². The van der Waals surface area contributed by atoms with Crippen molar-refractivity contribution in [3.8, 4) is 5.75 Å². The maximum absolute atomic E-state index is 16.6. The summed E-state index contributed by atoms with van der Waals surface area (Å²) < 4.78 is 64.6. The highest BCUT2D eigenvalue weighted by Gasteiger charge is 2.57. The molecule has 18 heteroatoms. The predicted molar refractivity (Wildman–Crippen MR) is 176 cm³/mol. The Hall–Kier alpha value is -2.97. The minimum atomic E-state index is -3.31. The van der Waals surface area contributed by atoms with E-state index in [0.29, 0.717) is 5.75 Å². The zero-order valence-electron chi connectivity index (χ0n) is 28.0. The summed E-state index contributed by atoms with van der Waals surface area (Å²) in [4.78, 5) is 51.2. The Kier molecular flexibility index (Phi) is 14.9. The molecule has 15 nitrogen and oxygen atoms in total. The highest BCUT2D eigenvalue weighted by atomic mass is 31.2. The molecule has 0 bridgehead atoms. The monoisotopic (exact) mass is 718 g/mol. The van der Waals surface area contributed by atoms with E-state index in [1.165, 1.54) is 6.92 Å². The summed E-state index contributed by atoms with van der Waals surface area (Å²) in [5.74, 6) is -0.569. The molecule has 1 aliphatic heterocycles. The van der Waals surface area contributed by atoms with Crippen molar-refractivity contribution in [1.29, 1.82) is 0 Å². The van der Waals surface area contributed by atoms with E-state index in [9.17, 15) is 23.7 Å². The van der Waals surface area contributed by atoms with Gasteiger partial charge in [-0.15, -0.1) is 0 Å². The maximum Gasteiger partial charge on any atom is 0.330 e. The lowest BCUT2D eigenvalue weighted by Crippen LogP contribution is -2.45. The second kappa shape index (κ2) is 18.1. The summed E-state index contributed by atoms with van der Waals surface area (Å²) in [6.45, 7) is 10.7. The number of hydrogen-bond donors (Lipinski definition) is 3. The topological polar surface area (TPSA) is 186 Å². The first kappa shape index (κ1) is 39.5. The van der Waals surface area contributed by atoms with Gasteiger partial charge in [-0.2, -0.15) is 0 Å². The van der Waals surface area contributed by atoms with Crippen LogP contribution in [0.5, 0.6) is 5.75 Å². The van der Waals surface area contributed by atoms with E-state index in [1.54, 1.807) is 46.8 Å². The van der Waals surface area contributed by atoms with Crippen LogP contribution in [0.25, 0.3) is 0 Å². The van der Waals surface area contributed by atoms with E-state index in [1.807, 2.05) is 18.2 Å². The van der Waals surface area contributed by atoms with Crippen LogP contribution in [0.1, 0.15) is 54.7 Å². The average Bonchev–Trinajstić information content (AvgIpc) is 3.24. The SMILES string of the molecule is CC(C)OC(=O)[C@H](C)NP(CCOc1ccccc1)OC[C@H]1O[C@@H](n2ccc(=O)[nH]c2=O)[C@](C)(F)[C@@H]1O[PH](=O)N[C@@H](C)C(=O)OC(C)C. The molecule has 268 valence electrons. The van der Waals surface area contributed by atoms with Gasteiger partial charge in [-0.05, 0) is 60.6 Å². The highest BCUT2D eigenvalue weighted by Crippen LogP contribution is 2.46. The molecule has 1 aromatic heterocycles. The number of esters is 2. The zero-order valence-corrected chi connectivity index (χ0v) is 29.9. The molecule has 0 spiro atoms. The fourth-order valence-electron chi connectivity index (χ4n) is 4.56. The van der Waals surface area contributed by atoms with Crippen molar-refractivity contribution in [2.75, 3.05) is 19.4 Å². The number of aromatic amines is 1. The van der Waals surface area contributed by atoms with Gasteiger partial charge in [0.1, 0.15) is 38.3 Å². The lowest BCUT2D eigenvalue weighted by atomic mass is 9.98. The number of rotatable bonds is 18. The van der Waals surface area contributed by atoms with Crippen LogP contribution in [-0.2, 0) is 37.4 Å². The molecule has 1 saturated heterocycles. The van der Waals surface area contributed by atoms with Gasteiger partial charge in [0.05, 0.1) is 25.4 Å². The molecule has 1 aromatic carbocycles. The molecule has 2 heterocycles. The summed E-state index contributed by atoms with van der Waals surface area (Å²) in [5, 5.41) is 5.61. The standard InChI is InChI=1S/C30H45FN4O11P2/c1-18(2)43-26(37)20(5)33-47(16-15-41-22-11-9-8-10-12-22)42-17-23-25(46-48(40)34-21(6)27(38)44-19(3)4)30(7,31)28(45-23)35-14-13-24(36)32-29(35)39/h8-14,18-21,23,25,28,33,48H,15-17H2,1-7H3,(H,34,40)(H,32,36,39)/t20-,21-,23+,25+,28+,30+,47?/m0/s1. The Bertz CT molecular complexity index is 1490. The van der Waals surface area contributed by atoms with Crippen LogP contribution in [0.4, 0.5) is 4.39 Å². The quantitative estimate of drug-likeness (QED) is 0.151. The number of nitrogens with one attached hydrogen (secondary N) is 3. The second-order valence-corrected chi connectivity index (χ2v) is 14.6. The summed E-state index contributed by atoms with van der Waals surface area (Å²) in [6.07, 6.45) is -3.87. The number of carbonyl (C=O) groups excluding carboxylic acids is 2. The third kappa shape index (κ3) is 11.6. The smallest absolute Gasteiger partial charge is 0.330 e. The molecule has 1 fully saturated rings. The maximum atomic E-state index is 16.6. The van der Waals surface area contributed by atoms with Gasteiger partial charge in [0.15, 0.2) is 11.9 Å². The second-order valence-electron chi connectivity index (χ2n) is 11.8. The van der Waals surface area contributed by atoms with E-state index >= 15 is 4.39 Å². The summed E-state index contributed by atoms with van der Waals surface area (Å²) in [5.41, 5.74) is -4.13. The van der Waals surface area contributed by atoms with E-state index in [4.69, 9.17) is 28.0 Å². The van der Waals surface area contributed by atoms with Crippen molar-refractivity contribution < 1.29 is 46.5 Å². The van der Waals surface area contributed by atoms with Crippen molar-refractivity contribution in [2.45, 2.75) is 96.9 Å².